The topological polar surface area (TPSA) is 69.6 Å². The first-order valence-corrected chi connectivity index (χ1v) is 8.52. The van der Waals surface area contributed by atoms with Crippen molar-refractivity contribution in [1.82, 2.24) is 24.9 Å². The van der Waals surface area contributed by atoms with Gasteiger partial charge in [-0.1, -0.05) is 36.8 Å². The number of hydrogen-bond acceptors (Lipinski definition) is 6. The minimum absolute atomic E-state index is 0.0415. The summed E-state index contributed by atoms with van der Waals surface area (Å²) in [6, 6.07) is 0. The quantitative estimate of drug-likeness (QED) is 0.572. The van der Waals surface area contributed by atoms with Gasteiger partial charge < -0.3 is 9.09 Å². The number of allylic oxidation sites excluding steroid dienone is 1. The summed E-state index contributed by atoms with van der Waals surface area (Å²) in [4.78, 5) is 4.46. The average Bonchev–Trinajstić information content (AvgIpc) is 3.06. The van der Waals surface area contributed by atoms with Gasteiger partial charge in [-0.3, -0.25) is 0 Å². The van der Waals surface area contributed by atoms with Crippen molar-refractivity contribution in [3.05, 3.63) is 30.2 Å². The molecule has 0 aliphatic heterocycles. The minimum Gasteiger partial charge on any atom is -0.338 e. The van der Waals surface area contributed by atoms with Gasteiger partial charge in [0.25, 0.3) is 0 Å². The number of nitrogens with zero attached hydrogens (tertiary/aromatic N) is 5. The summed E-state index contributed by atoms with van der Waals surface area (Å²) >= 11 is 1.60. The Hall–Kier alpha value is -1.63. The lowest BCUT2D eigenvalue weighted by atomic mass is 10.2. The molecule has 1 aliphatic rings. The van der Waals surface area contributed by atoms with E-state index >= 15 is 0 Å². The second-order valence-corrected chi connectivity index (χ2v) is 7.23. The van der Waals surface area contributed by atoms with Crippen LogP contribution in [0.25, 0.3) is 0 Å². The summed E-state index contributed by atoms with van der Waals surface area (Å²) < 4.78 is 7.51. The maximum absolute atomic E-state index is 5.37. The molecule has 0 N–H and O–H groups in total. The van der Waals surface area contributed by atoms with Gasteiger partial charge in [0.1, 0.15) is 5.82 Å². The van der Waals surface area contributed by atoms with Crippen molar-refractivity contribution in [2.75, 3.05) is 0 Å². The Balaban J connectivity index is 1.77. The van der Waals surface area contributed by atoms with Gasteiger partial charge in [0, 0.05) is 18.4 Å². The summed E-state index contributed by atoms with van der Waals surface area (Å²) in [5.74, 6) is 3.28. The lowest BCUT2D eigenvalue weighted by Crippen LogP contribution is -2.03. The number of aromatic nitrogens is 5. The zero-order chi connectivity index (χ0) is 15.7. The van der Waals surface area contributed by atoms with E-state index in [0.29, 0.717) is 11.8 Å². The number of hydrogen-bond donors (Lipinski definition) is 0. The van der Waals surface area contributed by atoms with Crippen molar-refractivity contribution in [1.29, 1.82) is 0 Å². The molecule has 0 unspecified atom stereocenters. The molecule has 0 aromatic carbocycles. The Morgan fingerprint density at radius 1 is 1.36 bits per heavy atom. The molecular weight excluding hydrogens is 298 g/mol. The van der Waals surface area contributed by atoms with E-state index in [0.717, 1.165) is 23.4 Å². The molecule has 0 radical (unpaired) electrons. The molecule has 118 valence electrons. The van der Waals surface area contributed by atoms with E-state index in [9.17, 15) is 0 Å². The monoisotopic (exact) mass is 319 g/mol. The standard InChI is InChI=1S/C15H21N5OS/c1-5-8-20-13(11-6-7-11)17-18-15(20)22-10(4)14-16-12(9(2)3)19-21-14/h5,9-11H,1,6-8H2,2-4H3/t10-/m0/s1. The Kier molecular flexibility index (Phi) is 4.33. The third kappa shape index (κ3) is 3.09. The predicted molar refractivity (Wildman–Crippen MR) is 84.9 cm³/mol. The van der Waals surface area contributed by atoms with E-state index < -0.39 is 0 Å². The van der Waals surface area contributed by atoms with Crippen molar-refractivity contribution < 1.29 is 4.52 Å². The Labute approximate surface area is 134 Å². The fourth-order valence-electron chi connectivity index (χ4n) is 2.19. The van der Waals surface area contributed by atoms with Crippen molar-refractivity contribution in [3.8, 4) is 0 Å². The third-order valence-corrected chi connectivity index (χ3v) is 4.67. The van der Waals surface area contributed by atoms with Crippen molar-refractivity contribution in [2.24, 2.45) is 0 Å². The Bertz CT molecular complexity index is 659. The van der Waals surface area contributed by atoms with Crippen molar-refractivity contribution in [2.45, 2.75) is 62.4 Å². The van der Waals surface area contributed by atoms with Crippen LogP contribution in [0.15, 0.2) is 22.3 Å². The predicted octanol–water partition coefficient (Wildman–Crippen LogP) is 3.70. The van der Waals surface area contributed by atoms with Crippen molar-refractivity contribution >= 4 is 11.8 Å². The van der Waals surface area contributed by atoms with E-state index in [1.165, 1.54) is 12.8 Å². The summed E-state index contributed by atoms with van der Waals surface area (Å²) in [6.07, 6.45) is 4.29. The van der Waals surface area contributed by atoms with E-state index in [2.05, 4.69) is 45.3 Å². The van der Waals surface area contributed by atoms with Crippen LogP contribution >= 0.6 is 11.8 Å². The highest BCUT2D eigenvalue weighted by atomic mass is 32.2. The van der Waals surface area contributed by atoms with Crippen LogP contribution in [0.2, 0.25) is 0 Å². The van der Waals surface area contributed by atoms with Crippen LogP contribution in [0, 0.1) is 0 Å². The smallest absolute Gasteiger partial charge is 0.239 e. The lowest BCUT2D eigenvalue weighted by Gasteiger charge is -2.09. The summed E-state index contributed by atoms with van der Waals surface area (Å²) in [6.45, 7) is 10.7. The molecule has 0 amide bonds. The van der Waals surface area contributed by atoms with Gasteiger partial charge in [-0.2, -0.15) is 4.98 Å². The molecule has 6 nitrogen and oxygen atoms in total. The maximum Gasteiger partial charge on any atom is 0.239 e. The number of rotatable bonds is 7. The van der Waals surface area contributed by atoms with Crippen LogP contribution in [0.1, 0.15) is 68.2 Å². The highest BCUT2D eigenvalue weighted by Gasteiger charge is 2.31. The lowest BCUT2D eigenvalue weighted by molar-refractivity contribution is 0.373. The molecule has 2 heterocycles. The van der Waals surface area contributed by atoms with Gasteiger partial charge >= 0.3 is 0 Å². The van der Waals surface area contributed by atoms with Crippen LogP contribution < -0.4 is 0 Å². The molecular formula is C15H21N5OS. The van der Waals surface area contributed by atoms with Crippen LogP contribution in [-0.4, -0.2) is 24.9 Å². The highest BCUT2D eigenvalue weighted by Crippen LogP contribution is 2.41. The summed E-state index contributed by atoms with van der Waals surface area (Å²) in [7, 11) is 0. The molecule has 2 aromatic rings. The fourth-order valence-corrected chi connectivity index (χ4v) is 3.08. The van der Waals surface area contributed by atoms with E-state index in [1.54, 1.807) is 11.8 Å². The number of thioether (sulfide) groups is 1. The average molecular weight is 319 g/mol. The van der Waals surface area contributed by atoms with Gasteiger partial charge in [0.15, 0.2) is 11.0 Å². The first-order chi connectivity index (χ1) is 10.6. The second-order valence-electron chi connectivity index (χ2n) is 5.92. The van der Waals surface area contributed by atoms with Crippen LogP contribution in [0.4, 0.5) is 0 Å². The Morgan fingerprint density at radius 2 is 2.14 bits per heavy atom. The molecule has 7 heteroatoms. The van der Waals surface area contributed by atoms with Gasteiger partial charge in [-0.25, -0.2) is 0 Å². The molecule has 0 saturated heterocycles. The van der Waals surface area contributed by atoms with E-state index in [-0.39, 0.29) is 11.2 Å². The molecule has 1 aliphatic carbocycles. The minimum atomic E-state index is 0.0415. The summed E-state index contributed by atoms with van der Waals surface area (Å²) in [5.41, 5.74) is 0. The van der Waals surface area contributed by atoms with Gasteiger partial charge in [-0.15, -0.1) is 16.8 Å². The van der Waals surface area contributed by atoms with E-state index in [1.807, 2.05) is 13.0 Å². The fraction of sp³-hybridized carbons (Fsp3) is 0.600. The van der Waals surface area contributed by atoms with E-state index in [4.69, 9.17) is 4.52 Å². The molecule has 2 aromatic heterocycles. The maximum atomic E-state index is 5.37. The zero-order valence-electron chi connectivity index (χ0n) is 13.2. The Morgan fingerprint density at radius 3 is 2.73 bits per heavy atom. The molecule has 0 bridgehead atoms. The normalized spacial score (nSPS) is 16.2. The molecule has 1 saturated carbocycles. The largest absolute Gasteiger partial charge is 0.338 e. The van der Waals surface area contributed by atoms with Gasteiger partial charge in [0.2, 0.25) is 5.89 Å². The van der Waals surface area contributed by atoms with Gasteiger partial charge in [0.05, 0.1) is 5.25 Å². The van der Waals surface area contributed by atoms with Crippen molar-refractivity contribution in [3.63, 3.8) is 0 Å². The molecule has 1 fully saturated rings. The first kappa shape index (κ1) is 15.3. The van der Waals surface area contributed by atoms with Crippen LogP contribution in [0.3, 0.4) is 0 Å². The molecule has 22 heavy (non-hydrogen) atoms. The first-order valence-electron chi connectivity index (χ1n) is 7.64. The molecule has 3 rings (SSSR count). The highest BCUT2D eigenvalue weighted by molar-refractivity contribution is 7.99. The second kappa shape index (κ2) is 6.24. The van der Waals surface area contributed by atoms with Gasteiger partial charge in [-0.05, 0) is 19.8 Å². The molecule has 0 spiro atoms. The molecule has 1 atom stereocenters. The van der Waals surface area contributed by atoms with Crippen LogP contribution in [-0.2, 0) is 6.54 Å². The SMILES string of the molecule is C=CCn1c(S[C@@H](C)c2nc(C(C)C)no2)nnc1C1CC1. The third-order valence-electron chi connectivity index (χ3n) is 3.60. The zero-order valence-corrected chi connectivity index (χ0v) is 14.0. The van der Waals surface area contributed by atoms with Crippen LogP contribution in [0.5, 0.6) is 0 Å². The summed E-state index contributed by atoms with van der Waals surface area (Å²) in [5, 5.41) is 13.6.